The zero-order chi connectivity index (χ0) is 12.0. The largest absolute Gasteiger partial charge is 0.409 e. The summed E-state index contributed by atoms with van der Waals surface area (Å²) >= 11 is 0. The van der Waals surface area contributed by atoms with Crippen LogP contribution < -0.4 is 10.6 Å². The van der Waals surface area contributed by atoms with Crippen LogP contribution in [0.1, 0.15) is 13.3 Å². The number of anilines is 1. The monoisotopic (exact) mass is 225 g/mol. The Hall–Kier alpha value is -1.78. The highest BCUT2D eigenvalue weighted by Gasteiger charge is 2.09. The maximum Gasteiger partial charge on any atom is 0.146 e. The van der Waals surface area contributed by atoms with Crippen molar-refractivity contribution in [1.82, 2.24) is 0 Å². The van der Waals surface area contributed by atoms with Gasteiger partial charge in [0.25, 0.3) is 0 Å². The third kappa shape index (κ3) is 3.12. The van der Waals surface area contributed by atoms with Gasteiger partial charge in [0.1, 0.15) is 11.7 Å². The van der Waals surface area contributed by atoms with E-state index in [-0.39, 0.29) is 11.7 Å². The van der Waals surface area contributed by atoms with Crippen LogP contribution in [0.2, 0.25) is 0 Å². The highest BCUT2D eigenvalue weighted by molar-refractivity contribution is 5.80. The standard InChI is InChI=1S/C11H16FN3O/c1-2-15(8-7-11(13)14-16)10-6-4-3-5-9(10)12/h3-6,16H,2,7-8H2,1H3,(H2,13,14). The minimum atomic E-state index is -0.260. The Bertz CT molecular complexity index is 368. The van der Waals surface area contributed by atoms with Crippen molar-refractivity contribution >= 4 is 11.5 Å². The van der Waals surface area contributed by atoms with Crippen LogP contribution in [0.5, 0.6) is 0 Å². The minimum absolute atomic E-state index is 0.148. The van der Waals surface area contributed by atoms with Gasteiger partial charge < -0.3 is 15.8 Å². The summed E-state index contributed by atoms with van der Waals surface area (Å²) < 4.78 is 13.5. The van der Waals surface area contributed by atoms with Gasteiger partial charge in [-0.15, -0.1) is 0 Å². The van der Waals surface area contributed by atoms with Gasteiger partial charge in [0.05, 0.1) is 5.69 Å². The molecule has 0 bridgehead atoms. The fraction of sp³-hybridized carbons (Fsp3) is 0.364. The number of nitrogens with two attached hydrogens (primary N) is 1. The summed E-state index contributed by atoms with van der Waals surface area (Å²) in [5.74, 6) is -0.112. The summed E-state index contributed by atoms with van der Waals surface area (Å²) in [5.41, 5.74) is 5.91. The zero-order valence-electron chi connectivity index (χ0n) is 9.23. The second kappa shape index (κ2) is 5.95. The Morgan fingerprint density at radius 3 is 2.75 bits per heavy atom. The number of benzene rings is 1. The van der Waals surface area contributed by atoms with Crippen LogP contribution in [0.25, 0.3) is 0 Å². The molecular formula is C11H16FN3O. The van der Waals surface area contributed by atoms with E-state index in [4.69, 9.17) is 10.9 Å². The minimum Gasteiger partial charge on any atom is -0.409 e. The second-order valence-corrected chi connectivity index (χ2v) is 3.37. The smallest absolute Gasteiger partial charge is 0.146 e. The van der Waals surface area contributed by atoms with E-state index < -0.39 is 0 Å². The first-order chi connectivity index (χ1) is 7.69. The molecule has 0 aliphatic carbocycles. The Morgan fingerprint density at radius 2 is 2.19 bits per heavy atom. The van der Waals surface area contributed by atoms with Crippen molar-refractivity contribution < 1.29 is 9.60 Å². The number of rotatable bonds is 5. The molecule has 0 heterocycles. The maximum absolute atomic E-state index is 13.5. The fourth-order valence-electron chi connectivity index (χ4n) is 1.46. The first-order valence-electron chi connectivity index (χ1n) is 5.15. The van der Waals surface area contributed by atoms with Crippen molar-refractivity contribution in [2.75, 3.05) is 18.0 Å². The average Bonchev–Trinajstić information content (AvgIpc) is 2.31. The lowest BCUT2D eigenvalue weighted by atomic mass is 10.2. The quantitative estimate of drug-likeness (QED) is 0.347. The third-order valence-electron chi connectivity index (χ3n) is 2.34. The number of hydrogen-bond donors (Lipinski definition) is 2. The lowest BCUT2D eigenvalue weighted by Crippen LogP contribution is -2.28. The van der Waals surface area contributed by atoms with E-state index in [1.54, 1.807) is 18.2 Å². The number of nitrogens with zero attached hydrogens (tertiary/aromatic N) is 2. The molecule has 0 amide bonds. The first-order valence-corrected chi connectivity index (χ1v) is 5.15. The molecule has 1 aromatic rings. The number of oxime groups is 1. The number of hydrogen-bond acceptors (Lipinski definition) is 3. The van der Waals surface area contributed by atoms with Gasteiger partial charge in [0, 0.05) is 19.5 Å². The van der Waals surface area contributed by atoms with Gasteiger partial charge in [-0.2, -0.15) is 0 Å². The zero-order valence-corrected chi connectivity index (χ0v) is 9.23. The summed E-state index contributed by atoms with van der Waals surface area (Å²) in [7, 11) is 0. The maximum atomic E-state index is 13.5. The molecule has 16 heavy (non-hydrogen) atoms. The molecule has 88 valence electrons. The Morgan fingerprint density at radius 1 is 1.50 bits per heavy atom. The first kappa shape index (κ1) is 12.3. The van der Waals surface area contributed by atoms with Crippen LogP contribution in [0.4, 0.5) is 10.1 Å². The van der Waals surface area contributed by atoms with E-state index in [0.717, 1.165) is 0 Å². The molecule has 0 aromatic heterocycles. The van der Waals surface area contributed by atoms with Gasteiger partial charge in [-0.3, -0.25) is 0 Å². The number of amidine groups is 1. The van der Waals surface area contributed by atoms with E-state index in [1.807, 2.05) is 11.8 Å². The molecule has 0 aliphatic heterocycles. The van der Waals surface area contributed by atoms with Gasteiger partial charge >= 0.3 is 0 Å². The lowest BCUT2D eigenvalue weighted by molar-refractivity contribution is 0.317. The van der Waals surface area contributed by atoms with Crippen molar-refractivity contribution in [3.8, 4) is 0 Å². The summed E-state index contributed by atoms with van der Waals surface area (Å²) in [6.07, 6.45) is 0.401. The fourth-order valence-corrected chi connectivity index (χ4v) is 1.46. The predicted molar refractivity (Wildman–Crippen MR) is 62.3 cm³/mol. The summed E-state index contributed by atoms with van der Waals surface area (Å²) in [6.45, 7) is 3.12. The third-order valence-corrected chi connectivity index (χ3v) is 2.34. The number of halogens is 1. The summed E-state index contributed by atoms with van der Waals surface area (Å²) in [6, 6.07) is 6.56. The van der Waals surface area contributed by atoms with E-state index >= 15 is 0 Å². The Balaban J connectivity index is 2.71. The highest BCUT2D eigenvalue weighted by atomic mass is 19.1. The van der Waals surface area contributed by atoms with Gasteiger partial charge in [0.2, 0.25) is 0 Å². The Labute approximate surface area is 94.2 Å². The highest BCUT2D eigenvalue weighted by Crippen LogP contribution is 2.18. The van der Waals surface area contributed by atoms with Crippen LogP contribution >= 0.6 is 0 Å². The molecule has 0 fully saturated rings. The van der Waals surface area contributed by atoms with Gasteiger partial charge in [-0.1, -0.05) is 17.3 Å². The molecule has 0 saturated carbocycles. The van der Waals surface area contributed by atoms with Gasteiger partial charge in [-0.25, -0.2) is 4.39 Å². The van der Waals surface area contributed by atoms with Crippen molar-refractivity contribution in [3.63, 3.8) is 0 Å². The molecule has 1 rings (SSSR count). The van der Waals surface area contributed by atoms with Crippen molar-refractivity contribution in [2.45, 2.75) is 13.3 Å². The van der Waals surface area contributed by atoms with Gasteiger partial charge in [-0.05, 0) is 19.1 Å². The lowest BCUT2D eigenvalue weighted by Gasteiger charge is -2.23. The SMILES string of the molecule is CCN(CCC(N)=NO)c1ccccc1F. The molecular weight excluding hydrogens is 209 g/mol. The van der Waals surface area contributed by atoms with E-state index in [2.05, 4.69) is 5.16 Å². The molecule has 3 N–H and O–H groups in total. The van der Waals surface area contributed by atoms with E-state index in [0.29, 0.717) is 25.2 Å². The van der Waals surface area contributed by atoms with Crippen molar-refractivity contribution in [3.05, 3.63) is 30.1 Å². The molecule has 0 spiro atoms. The van der Waals surface area contributed by atoms with Crippen LogP contribution in [-0.4, -0.2) is 24.1 Å². The second-order valence-electron chi connectivity index (χ2n) is 3.37. The molecule has 0 unspecified atom stereocenters. The van der Waals surface area contributed by atoms with Crippen LogP contribution in [0.3, 0.4) is 0 Å². The molecule has 0 radical (unpaired) electrons. The molecule has 0 saturated heterocycles. The van der Waals surface area contributed by atoms with Crippen molar-refractivity contribution in [1.29, 1.82) is 0 Å². The average molecular weight is 225 g/mol. The molecule has 1 aromatic carbocycles. The topological polar surface area (TPSA) is 61.8 Å². The van der Waals surface area contributed by atoms with Crippen LogP contribution in [-0.2, 0) is 0 Å². The van der Waals surface area contributed by atoms with E-state index in [1.165, 1.54) is 6.07 Å². The van der Waals surface area contributed by atoms with Crippen LogP contribution in [0, 0.1) is 5.82 Å². The molecule has 0 atom stereocenters. The summed E-state index contributed by atoms with van der Waals surface area (Å²) in [5, 5.41) is 11.3. The Kier molecular flexibility index (Phi) is 4.57. The van der Waals surface area contributed by atoms with Gasteiger partial charge in [0.15, 0.2) is 0 Å². The number of para-hydroxylation sites is 1. The predicted octanol–water partition coefficient (Wildman–Crippen LogP) is 1.79. The normalized spacial score (nSPS) is 11.5. The molecule has 4 nitrogen and oxygen atoms in total. The molecule has 5 heteroatoms. The van der Waals surface area contributed by atoms with Crippen LogP contribution in [0.15, 0.2) is 29.4 Å². The molecule has 0 aliphatic rings. The summed E-state index contributed by atoms with van der Waals surface area (Å²) in [4.78, 5) is 1.84. The van der Waals surface area contributed by atoms with E-state index in [9.17, 15) is 4.39 Å². The van der Waals surface area contributed by atoms with Crippen molar-refractivity contribution in [2.24, 2.45) is 10.9 Å².